The molecule has 0 aromatic heterocycles. The van der Waals surface area contributed by atoms with E-state index < -0.39 is 6.16 Å². The number of para-hydroxylation sites is 2. The molecule has 2 aliphatic rings. The van der Waals surface area contributed by atoms with E-state index in [1.165, 1.54) is 64.2 Å². The highest BCUT2D eigenvalue weighted by Gasteiger charge is 2.23. The second-order valence-electron chi connectivity index (χ2n) is 8.20. The van der Waals surface area contributed by atoms with Gasteiger partial charge in [-0.1, -0.05) is 74.9 Å². The predicted molar refractivity (Wildman–Crippen MR) is 111 cm³/mol. The largest absolute Gasteiger partial charge is 0.519 e. The van der Waals surface area contributed by atoms with Crippen molar-refractivity contribution in [2.75, 3.05) is 0 Å². The van der Waals surface area contributed by atoms with Gasteiger partial charge in [-0.05, 0) is 60.8 Å². The van der Waals surface area contributed by atoms with Gasteiger partial charge in [-0.3, -0.25) is 0 Å². The Morgan fingerprint density at radius 2 is 1.00 bits per heavy atom. The molecular weight excluding hydrogens is 348 g/mol. The molecule has 0 heterocycles. The molecule has 2 fully saturated rings. The van der Waals surface area contributed by atoms with Crippen LogP contribution in [-0.4, -0.2) is 6.16 Å². The standard InChI is InChI=1S/C25H30O3/c26-25(27-23-17-9-7-15-21(23)19-11-3-1-4-12-19)28-24-18-10-8-16-22(24)20-13-5-2-6-14-20/h7-10,15-20H,1-6,11-14H2. The van der Waals surface area contributed by atoms with E-state index >= 15 is 0 Å². The van der Waals surface area contributed by atoms with Crippen molar-refractivity contribution < 1.29 is 14.3 Å². The van der Waals surface area contributed by atoms with Crippen LogP contribution in [0.3, 0.4) is 0 Å². The van der Waals surface area contributed by atoms with Gasteiger partial charge in [0.05, 0.1) is 0 Å². The van der Waals surface area contributed by atoms with E-state index in [9.17, 15) is 4.79 Å². The van der Waals surface area contributed by atoms with Gasteiger partial charge in [0.15, 0.2) is 0 Å². The van der Waals surface area contributed by atoms with Crippen LogP contribution in [0.2, 0.25) is 0 Å². The second kappa shape index (κ2) is 9.27. The Bertz CT molecular complexity index is 720. The molecule has 0 radical (unpaired) electrons. The lowest BCUT2D eigenvalue weighted by Gasteiger charge is -2.24. The molecule has 2 aliphatic carbocycles. The molecule has 2 aromatic rings. The fraction of sp³-hybridized carbons (Fsp3) is 0.480. The molecule has 148 valence electrons. The molecule has 0 aliphatic heterocycles. The molecule has 0 spiro atoms. The summed E-state index contributed by atoms with van der Waals surface area (Å²) >= 11 is 0. The van der Waals surface area contributed by atoms with Gasteiger partial charge < -0.3 is 9.47 Å². The number of benzene rings is 2. The van der Waals surface area contributed by atoms with Gasteiger partial charge >= 0.3 is 6.16 Å². The van der Waals surface area contributed by atoms with Crippen molar-refractivity contribution in [3.63, 3.8) is 0 Å². The van der Waals surface area contributed by atoms with Crippen LogP contribution >= 0.6 is 0 Å². The number of hydrogen-bond donors (Lipinski definition) is 0. The Morgan fingerprint density at radius 1 is 0.607 bits per heavy atom. The van der Waals surface area contributed by atoms with Crippen molar-refractivity contribution >= 4 is 6.16 Å². The normalized spacial score (nSPS) is 18.6. The van der Waals surface area contributed by atoms with Crippen molar-refractivity contribution in [3.05, 3.63) is 59.7 Å². The number of rotatable bonds is 4. The summed E-state index contributed by atoms with van der Waals surface area (Å²) in [6.07, 6.45) is 11.6. The highest BCUT2D eigenvalue weighted by atomic mass is 16.7. The summed E-state index contributed by atoms with van der Waals surface area (Å²) in [5.74, 6) is 2.25. The summed E-state index contributed by atoms with van der Waals surface area (Å²) in [7, 11) is 0. The number of carbonyl (C=O) groups excluding carboxylic acids is 1. The van der Waals surface area contributed by atoms with Gasteiger partial charge in [0.2, 0.25) is 0 Å². The molecule has 3 nitrogen and oxygen atoms in total. The smallest absolute Gasteiger partial charge is 0.394 e. The molecule has 28 heavy (non-hydrogen) atoms. The van der Waals surface area contributed by atoms with Crippen LogP contribution in [-0.2, 0) is 0 Å². The third kappa shape index (κ3) is 4.57. The van der Waals surface area contributed by atoms with Crippen LogP contribution in [0.4, 0.5) is 4.79 Å². The first-order valence-electron chi connectivity index (χ1n) is 10.9. The highest BCUT2D eigenvalue weighted by Crippen LogP contribution is 2.39. The lowest BCUT2D eigenvalue weighted by atomic mass is 9.84. The predicted octanol–water partition coefficient (Wildman–Crippen LogP) is 7.36. The van der Waals surface area contributed by atoms with Gasteiger partial charge in [-0.25, -0.2) is 4.79 Å². The minimum absolute atomic E-state index is 0.479. The zero-order valence-corrected chi connectivity index (χ0v) is 16.6. The fourth-order valence-electron chi connectivity index (χ4n) is 4.85. The molecule has 0 bridgehead atoms. The molecule has 0 atom stereocenters. The summed E-state index contributed by atoms with van der Waals surface area (Å²) < 4.78 is 11.4. The van der Waals surface area contributed by atoms with E-state index in [1.54, 1.807) is 0 Å². The van der Waals surface area contributed by atoms with Crippen molar-refractivity contribution in [3.8, 4) is 11.5 Å². The van der Waals surface area contributed by atoms with Gasteiger partial charge in [0.25, 0.3) is 0 Å². The van der Waals surface area contributed by atoms with Crippen molar-refractivity contribution in [1.82, 2.24) is 0 Å². The van der Waals surface area contributed by atoms with Gasteiger partial charge in [-0.15, -0.1) is 0 Å². The maximum absolute atomic E-state index is 12.6. The average molecular weight is 379 g/mol. The zero-order chi connectivity index (χ0) is 19.2. The molecule has 0 saturated heterocycles. The third-order valence-corrected chi connectivity index (χ3v) is 6.31. The van der Waals surface area contributed by atoms with Crippen LogP contribution in [0, 0.1) is 0 Å². The minimum Gasteiger partial charge on any atom is -0.394 e. The first-order chi connectivity index (χ1) is 13.8. The highest BCUT2D eigenvalue weighted by molar-refractivity contribution is 5.68. The molecular formula is C25H30O3. The fourth-order valence-corrected chi connectivity index (χ4v) is 4.85. The second-order valence-corrected chi connectivity index (χ2v) is 8.20. The topological polar surface area (TPSA) is 35.5 Å². The number of carbonyl (C=O) groups is 1. The Labute approximate surface area is 168 Å². The molecule has 0 amide bonds. The molecule has 0 N–H and O–H groups in total. The summed E-state index contributed by atoms with van der Waals surface area (Å²) in [5, 5.41) is 0. The Morgan fingerprint density at radius 3 is 1.43 bits per heavy atom. The monoisotopic (exact) mass is 378 g/mol. The van der Waals surface area contributed by atoms with Crippen LogP contribution in [0.25, 0.3) is 0 Å². The number of ether oxygens (including phenoxy) is 2. The Hall–Kier alpha value is -2.29. The molecule has 2 saturated carbocycles. The summed E-state index contributed by atoms with van der Waals surface area (Å²) in [6.45, 7) is 0. The van der Waals surface area contributed by atoms with Crippen molar-refractivity contribution in [2.45, 2.75) is 76.0 Å². The third-order valence-electron chi connectivity index (χ3n) is 6.31. The van der Waals surface area contributed by atoms with Crippen LogP contribution in [0.5, 0.6) is 11.5 Å². The van der Waals surface area contributed by atoms with Gasteiger partial charge in [-0.2, -0.15) is 0 Å². The molecule has 2 aromatic carbocycles. The Kier molecular flexibility index (Phi) is 6.31. The minimum atomic E-state index is -0.633. The summed E-state index contributed by atoms with van der Waals surface area (Å²) in [5.41, 5.74) is 2.28. The molecule has 4 rings (SSSR count). The van der Waals surface area contributed by atoms with Crippen LogP contribution < -0.4 is 9.47 Å². The lowest BCUT2D eigenvalue weighted by molar-refractivity contribution is 0.150. The van der Waals surface area contributed by atoms with Gasteiger partial charge in [0, 0.05) is 0 Å². The maximum Gasteiger partial charge on any atom is 0.519 e. The first kappa shape index (κ1) is 19.0. The zero-order valence-electron chi connectivity index (χ0n) is 16.6. The van der Waals surface area contributed by atoms with Gasteiger partial charge in [0.1, 0.15) is 11.5 Å². The molecule has 0 unspecified atom stereocenters. The SMILES string of the molecule is O=C(Oc1ccccc1C1CCCCC1)Oc1ccccc1C1CCCCC1. The van der Waals surface area contributed by atoms with E-state index in [2.05, 4.69) is 12.1 Å². The molecule has 3 heteroatoms. The van der Waals surface area contributed by atoms with Crippen LogP contribution in [0.15, 0.2) is 48.5 Å². The average Bonchev–Trinajstić information content (AvgIpc) is 2.76. The quantitative estimate of drug-likeness (QED) is 0.412. The van der Waals surface area contributed by atoms with E-state index in [0.29, 0.717) is 23.3 Å². The van der Waals surface area contributed by atoms with Crippen molar-refractivity contribution in [1.29, 1.82) is 0 Å². The summed E-state index contributed by atoms with van der Waals surface area (Å²) in [6, 6.07) is 15.9. The van der Waals surface area contributed by atoms with E-state index in [0.717, 1.165) is 11.1 Å². The number of hydrogen-bond acceptors (Lipinski definition) is 3. The van der Waals surface area contributed by atoms with E-state index in [4.69, 9.17) is 9.47 Å². The maximum atomic E-state index is 12.6. The van der Waals surface area contributed by atoms with E-state index in [-0.39, 0.29) is 0 Å². The lowest BCUT2D eigenvalue weighted by Crippen LogP contribution is -2.17. The van der Waals surface area contributed by atoms with Crippen LogP contribution in [0.1, 0.15) is 87.2 Å². The summed E-state index contributed by atoms with van der Waals surface area (Å²) in [4.78, 5) is 12.6. The van der Waals surface area contributed by atoms with Crippen molar-refractivity contribution in [2.24, 2.45) is 0 Å². The first-order valence-corrected chi connectivity index (χ1v) is 10.9. The van der Waals surface area contributed by atoms with E-state index in [1.807, 2.05) is 36.4 Å². The Balaban J connectivity index is 1.47.